The summed E-state index contributed by atoms with van der Waals surface area (Å²) in [6.07, 6.45) is 0.949. The molecule has 0 heterocycles. The zero-order chi connectivity index (χ0) is 10.5. The van der Waals surface area contributed by atoms with Crippen molar-refractivity contribution < 1.29 is 0 Å². The Hall–Kier alpha value is -1.47. The fourth-order valence-corrected chi connectivity index (χ4v) is 1.86. The van der Waals surface area contributed by atoms with Crippen molar-refractivity contribution in [3.8, 4) is 0 Å². The Morgan fingerprint density at radius 3 is 2.27 bits per heavy atom. The van der Waals surface area contributed by atoms with E-state index in [0.717, 1.165) is 12.0 Å². The average Bonchev–Trinajstić information content (AvgIpc) is 2.31. The number of rotatable bonds is 3. The third-order valence-electron chi connectivity index (χ3n) is 2.42. The Labute approximate surface area is 95.6 Å². The first-order chi connectivity index (χ1) is 7.40. The van der Waals surface area contributed by atoms with Gasteiger partial charge in [0.1, 0.15) is 0 Å². The van der Waals surface area contributed by atoms with Crippen molar-refractivity contribution in [1.29, 1.82) is 0 Å². The Morgan fingerprint density at radius 2 is 1.53 bits per heavy atom. The van der Waals surface area contributed by atoms with E-state index in [4.69, 9.17) is 12.2 Å². The highest BCUT2D eigenvalue weighted by Crippen LogP contribution is 2.12. The van der Waals surface area contributed by atoms with Gasteiger partial charge in [0.05, 0.1) is 0 Å². The van der Waals surface area contributed by atoms with Crippen molar-refractivity contribution in [2.75, 3.05) is 0 Å². The summed E-state index contributed by atoms with van der Waals surface area (Å²) in [4.78, 5) is 0. The minimum Gasteiger partial charge on any atom is -0.0881 e. The normalized spacial score (nSPS) is 9.87. The maximum absolute atomic E-state index is 5.00. The molecule has 15 heavy (non-hydrogen) atoms. The summed E-state index contributed by atoms with van der Waals surface area (Å²) < 4.78 is 0. The summed E-state index contributed by atoms with van der Waals surface area (Å²) in [6, 6.07) is 18.7. The molecule has 0 radical (unpaired) electrons. The van der Waals surface area contributed by atoms with Gasteiger partial charge in [0, 0.05) is 5.37 Å². The second-order valence-corrected chi connectivity index (χ2v) is 3.71. The highest BCUT2D eigenvalue weighted by molar-refractivity contribution is 7.79. The van der Waals surface area contributed by atoms with E-state index in [9.17, 15) is 0 Å². The SMILES string of the molecule is S=Cc1ccccc1Cc1ccccc1. The lowest BCUT2D eigenvalue weighted by Gasteiger charge is -2.04. The molecule has 1 heteroatoms. The molecule has 0 aliphatic carbocycles. The Kier molecular flexibility index (Phi) is 3.25. The number of hydrogen-bond donors (Lipinski definition) is 0. The van der Waals surface area contributed by atoms with Crippen LogP contribution in [0.1, 0.15) is 16.7 Å². The van der Waals surface area contributed by atoms with Crippen LogP contribution in [0.3, 0.4) is 0 Å². The summed E-state index contributed by atoms with van der Waals surface area (Å²) in [6.45, 7) is 0. The van der Waals surface area contributed by atoms with Crippen LogP contribution in [0.2, 0.25) is 0 Å². The maximum Gasteiger partial charge on any atom is 0.00889 e. The van der Waals surface area contributed by atoms with E-state index in [1.54, 1.807) is 5.37 Å². The predicted molar refractivity (Wildman–Crippen MR) is 68.4 cm³/mol. The number of hydrogen-bond acceptors (Lipinski definition) is 1. The van der Waals surface area contributed by atoms with Crippen LogP contribution in [-0.4, -0.2) is 5.37 Å². The van der Waals surface area contributed by atoms with Crippen LogP contribution in [0.4, 0.5) is 0 Å². The van der Waals surface area contributed by atoms with Crippen LogP contribution >= 0.6 is 12.2 Å². The highest BCUT2D eigenvalue weighted by atomic mass is 32.1. The van der Waals surface area contributed by atoms with Crippen LogP contribution < -0.4 is 0 Å². The fraction of sp³-hybridized carbons (Fsp3) is 0.0714. The topological polar surface area (TPSA) is 0 Å². The van der Waals surface area contributed by atoms with Crippen molar-refractivity contribution in [3.63, 3.8) is 0 Å². The lowest BCUT2D eigenvalue weighted by atomic mass is 10.0. The molecule has 2 aromatic rings. The van der Waals surface area contributed by atoms with Gasteiger partial charge in [0.2, 0.25) is 0 Å². The lowest BCUT2D eigenvalue weighted by Crippen LogP contribution is -1.93. The molecule has 0 spiro atoms. The van der Waals surface area contributed by atoms with Gasteiger partial charge in [-0.15, -0.1) is 0 Å². The second-order valence-electron chi connectivity index (χ2n) is 3.48. The smallest absolute Gasteiger partial charge is 0.00889 e. The van der Waals surface area contributed by atoms with E-state index in [-0.39, 0.29) is 0 Å². The standard InChI is InChI=1S/C14H12S/c15-11-14-9-5-4-8-13(14)10-12-6-2-1-3-7-12/h1-9,11H,10H2. The Bertz CT molecular complexity index is 446. The van der Waals surface area contributed by atoms with Crippen molar-refractivity contribution >= 4 is 17.6 Å². The molecule has 2 aromatic carbocycles. The summed E-state index contributed by atoms with van der Waals surface area (Å²) in [7, 11) is 0. The van der Waals surface area contributed by atoms with Gasteiger partial charge in [-0.25, -0.2) is 0 Å². The minimum atomic E-state index is 0.949. The van der Waals surface area contributed by atoms with Gasteiger partial charge in [0.15, 0.2) is 0 Å². The zero-order valence-corrected chi connectivity index (χ0v) is 9.21. The summed E-state index contributed by atoms with van der Waals surface area (Å²) in [5.41, 5.74) is 3.76. The third kappa shape index (κ3) is 2.51. The first-order valence-corrected chi connectivity index (χ1v) is 5.44. The molecule has 0 aromatic heterocycles. The third-order valence-corrected chi connectivity index (χ3v) is 2.67. The Balaban J connectivity index is 2.28. The molecule has 0 saturated heterocycles. The minimum absolute atomic E-state index is 0.949. The van der Waals surface area contributed by atoms with Crippen molar-refractivity contribution in [2.45, 2.75) is 6.42 Å². The van der Waals surface area contributed by atoms with E-state index in [0.29, 0.717) is 0 Å². The molecular formula is C14H12S. The number of benzene rings is 2. The molecule has 0 amide bonds. The van der Waals surface area contributed by atoms with Gasteiger partial charge in [-0.2, -0.15) is 0 Å². The van der Waals surface area contributed by atoms with Crippen LogP contribution in [0.5, 0.6) is 0 Å². The largest absolute Gasteiger partial charge is 0.0881 e. The molecule has 74 valence electrons. The molecule has 0 aliphatic rings. The molecule has 0 aliphatic heterocycles. The van der Waals surface area contributed by atoms with Crippen molar-refractivity contribution in [1.82, 2.24) is 0 Å². The quantitative estimate of drug-likeness (QED) is 0.700. The molecule has 0 unspecified atom stereocenters. The first kappa shape index (κ1) is 10.1. The van der Waals surface area contributed by atoms with E-state index >= 15 is 0 Å². The van der Waals surface area contributed by atoms with Gasteiger partial charge >= 0.3 is 0 Å². The summed E-state index contributed by atoms with van der Waals surface area (Å²) in [5, 5.41) is 1.75. The van der Waals surface area contributed by atoms with Crippen molar-refractivity contribution in [3.05, 3.63) is 71.3 Å². The first-order valence-electron chi connectivity index (χ1n) is 4.97. The Morgan fingerprint density at radius 1 is 0.867 bits per heavy atom. The average molecular weight is 212 g/mol. The molecule has 0 bridgehead atoms. The molecule has 0 N–H and O–H groups in total. The molecular weight excluding hydrogens is 200 g/mol. The zero-order valence-electron chi connectivity index (χ0n) is 8.39. The number of thiocarbonyl (C=S) groups is 1. The molecule has 0 saturated carbocycles. The van der Waals surface area contributed by atoms with E-state index in [1.165, 1.54) is 11.1 Å². The molecule has 2 rings (SSSR count). The molecule has 0 nitrogen and oxygen atoms in total. The molecule has 0 atom stereocenters. The van der Waals surface area contributed by atoms with Crippen LogP contribution in [0, 0.1) is 0 Å². The van der Waals surface area contributed by atoms with Crippen LogP contribution in [0.15, 0.2) is 54.6 Å². The van der Waals surface area contributed by atoms with Crippen molar-refractivity contribution in [2.24, 2.45) is 0 Å². The highest BCUT2D eigenvalue weighted by Gasteiger charge is 1.99. The van der Waals surface area contributed by atoms with E-state index in [2.05, 4.69) is 42.5 Å². The van der Waals surface area contributed by atoms with E-state index in [1.807, 2.05) is 12.1 Å². The fourth-order valence-electron chi connectivity index (χ4n) is 1.63. The van der Waals surface area contributed by atoms with Gasteiger partial charge < -0.3 is 0 Å². The summed E-state index contributed by atoms with van der Waals surface area (Å²) >= 11 is 5.00. The lowest BCUT2D eigenvalue weighted by molar-refractivity contribution is 1.19. The molecule has 0 fully saturated rings. The predicted octanol–water partition coefficient (Wildman–Crippen LogP) is 3.63. The van der Waals surface area contributed by atoms with Gasteiger partial charge in [0.25, 0.3) is 0 Å². The van der Waals surface area contributed by atoms with Crippen LogP contribution in [-0.2, 0) is 6.42 Å². The van der Waals surface area contributed by atoms with Crippen LogP contribution in [0.25, 0.3) is 0 Å². The van der Waals surface area contributed by atoms with Gasteiger partial charge in [-0.1, -0.05) is 66.8 Å². The maximum atomic E-state index is 5.00. The second kappa shape index (κ2) is 4.85. The summed E-state index contributed by atoms with van der Waals surface area (Å²) in [5.74, 6) is 0. The van der Waals surface area contributed by atoms with Gasteiger partial charge in [-0.3, -0.25) is 0 Å². The van der Waals surface area contributed by atoms with E-state index < -0.39 is 0 Å². The van der Waals surface area contributed by atoms with Gasteiger partial charge in [-0.05, 0) is 23.1 Å². The monoisotopic (exact) mass is 212 g/mol.